The second-order valence-electron chi connectivity index (χ2n) is 5.69. The van der Waals surface area contributed by atoms with Crippen LogP contribution < -0.4 is 10.2 Å². The van der Waals surface area contributed by atoms with Crippen LogP contribution in [0.1, 0.15) is 24.8 Å². The first-order valence-corrected chi connectivity index (χ1v) is 7.34. The summed E-state index contributed by atoms with van der Waals surface area (Å²) in [6.07, 6.45) is 2.45. The fourth-order valence-corrected chi connectivity index (χ4v) is 3.05. The van der Waals surface area contributed by atoms with Gasteiger partial charge in [0.05, 0.1) is 16.7 Å². The van der Waals surface area contributed by atoms with Crippen LogP contribution in [0, 0.1) is 27.4 Å². The van der Waals surface area contributed by atoms with Crippen molar-refractivity contribution in [1.29, 1.82) is 5.26 Å². The van der Waals surface area contributed by atoms with Crippen LogP contribution in [0.15, 0.2) is 12.1 Å². The molecule has 1 N–H and O–H groups in total. The van der Waals surface area contributed by atoms with Crippen LogP contribution in [-0.4, -0.2) is 23.9 Å². The molecule has 0 saturated carbocycles. The number of nitro benzene ring substituents is 1. The molecule has 114 valence electrons. The Labute approximate surface area is 127 Å². The third-order valence-electron chi connectivity index (χ3n) is 4.31. The summed E-state index contributed by atoms with van der Waals surface area (Å²) in [7, 11) is 0. The lowest BCUT2D eigenvalue weighted by molar-refractivity contribution is -0.384. The number of hydrogen-bond acceptors (Lipinski definition) is 5. The summed E-state index contributed by atoms with van der Waals surface area (Å²) < 4.78 is 0. The van der Waals surface area contributed by atoms with E-state index in [1.165, 1.54) is 6.07 Å². The van der Waals surface area contributed by atoms with Gasteiger partial charge in [-0.25, -0.2) is 0 Å². The van der Waals surface area contributed by atoms with Gasteiger partial charge in [-0.3, -0.25) is 14.9 Å². The number of nitro groups is 1. The maximum absolute atomic E-state index is 11.4. The third-order valence-corrected chi connectivity index (χ3v) is 4.31. The van der Waals surface area contributed by atoms with Crippen LogP contribution in [-0.2, 0) is 11.2 Å². The zero-order valence-electron chi connectivity index (χ0n) is 12.0. The highest BCUT2D eigenvalue weighted by Gasteiger charge is 2.28. The number of nitriles is 1. The first-order valence-electron chi connectivity index (χ1n) is 7.34. The lowest BCUT2D eigenvalue weighted by atomic mass is 9.96. The summed E-state index contributed by atoms with van der Waals surface area (Å²) in [5.74, 6) is -0.0726. The van der Waals surface area contributed by atoms with Gasteiger partial charge in [0.15, 0.2) is 0 Å². The van der Waals surface area contributed by atoms with Crippen molar-refractivity contribution < 1.29 is 9.72 Å². The highest BCUT2D eigenvalue weighted by Crippen LogP contribution is 2.37. The molecule has 22 heavy (non-hydrogen) atoms. The number of nitrogens with one attached hydrogen (secondary N) is 1. The van der Waals surface area contributed by atoms with Gasteiger partial charge in [0, 0.05) is 31.5 Å². The molecule has 2 heterocycles. The average molecular weight is 300 g/mol. The molecule has 1 fully saturated rings. The smallest absolute Gasteiger partial charge is 0.294 e. The van der Waals surface area contributed by atoms with Gasteiger partial charge < -0.3 is 10.2 Å². The van der Waals surface area contributed by atoms with E-state index in [9.17, 15) is 14.9 Å². The molecular weight excluding hydrogens is 284 g/mol. The molecule has 7 nitrogen and oxygen atoms in total. The molecule has 0 atom stereocenters. The normalized spacial score (nSPS) is 18.3. The second-order valence-corrected chi connectivity index (χ2v) is 5.69. The van der Waals surface area contributed by atoms with Gasteiger partial charge in [0.1, 0.15) is 5.69 Å². The lowest BCUT2D eigenvalue weighted by Crippen LogP contribution is -2.34. The fourth-order valence-electron chi connectivity index (χ4n) is 3.05. The minimum absolute atomic E-state index is 0.0105. The molecule has 1 aromatic carbocycles. The third kappa shape index (κ3) is 2.60. The zero-order chi connectivity index (χ0) is 15.7. The highest BCUT2D eigenvalue weighted by molar-refractivity contribution is 5.95. The Bertz CT molecular complexity index is 672. The van der Waals surface area contributed by atoms with Crippen LogP contribution >= 0.6 is 0 Å². The van der Waals surface area contributed by atoms with E-state index >= 15 is 0 Å². The molecule has 0 bridgehead atoms. The van der Waals surface area contributed by atoms with Crippen molar-refractivity contribution in [2.24, 2.45) is 5.92 Å². The zero-order valence-corrected chi connectivity index (χ0v) is 12.0. The van der Waals surface area contributed by atoms with Gasteiger partial charge in [-0.1, -0.05) is 0 Å². The summed E-state index contributed by atoms with van der Waals surface area (Å²) in [5, 5.41) is 23.0. The van der Waals surface area contributed by atoms with E-state index in [2.05, 4.69) is 11.4 Å². The molecule has 2 aliphatic rings. The number of carbonyl (C=O) groups excluding carboxylic acids is 1. The van der Waals surface area contributed by atoms with Crippen molar-refractivity contribution in [3.8, 4) is 6.07 Å². The van der Waals surface area contributed by atoms with Crippen LogP contribution in [0.3, 0.4) is 0 Å². The van der Waals surface area contributed by atoms with E-state index in [1.807, 2.05) is 11.0 Å². The lowest BCUT2D eigenvalue weighted by Gasteiger charge is -2.31. The van der Waals surface area contributed by atoms with Crippen molar-refractivity contribution >= 4 is 23.0 Å². The number of carbonyl (C=O) groups is 1. The van der Waals surface area contributed by atoms with Crippen LogP contribution in [0.5, 0.6) is 0 Å². The van der Waals surface area contributed by atoms with E-state index in [1.54, 1.807) is 0 Å². The number of amides is 1. The second kappa shape index (κ2) is 5.64. The molecule has 0 unspecified atom stereocenters. The summed E-state index contributed by atoms with van der Waals surface area (Å²) in [5.41, 5.74) is 2.08. The Kier molecular flexibility index (Phi) is 3.67. The molecule has 2 aliphatic heterocycles. The van der Waals surface area contributed by atoms with Gasteiger partial charge >= 0.3 is 0 Å². The topological polar surface area (TPSA) is 99.3 Å². The number of benzene rings is 1. The maximum atomic E-state index is 11.4. The van der Waals surface area contributed by atoms with Crippen molar-refractivity contribution in [2.45, 2.75) is 25.7 Å². The van der Waals surface area contributed by atoms with Crippen molar-refractivity contribution in [1.82, 2.24) is 0 Å². The Morgan fingerprint density at radius 2 is 2.05 bits per heavy atom. The Morgan fingerprint density at radius 1 is 1.32 bits per heavy atom. The summed E-state index contributed by atoms with van der Waals surface area (Å²) >= 11 is 0. The first-order chi connectivity index (χ1) is 10.6. The minimum Gasteiger partial charge on any atom is -0.366 e. The SMILES string of the molecule is N#CC1CCN(c2cc3c(cc2[N+](=O)[O-])NC(=O)CC3)CC1. The van der Waals surface area contributed by atoms with Crippen molar-refractivity contribution in [3.63, 3.8) is 0 Å². The summed E-state index contributed by atoms with van der Waals surface area (Å²) in [6, 6.07) is 5.54. The number of fused-ring (bicyclic) bond motifs is 1. The number of nitrogens with zero attached hydrogens (tertiary/aromatic N) is 3. The predicted molar refractivity (Wildman–Crippen MR) is 80.6 cm³/mol. The van der Waals surface area contributed by atoms with Crippen LogP contribution in [0.4, 0.5) is 17.1 Å². The van der Waals surface area contributed by atoms with Crippen LogP contribution in [0.2, 0.25) is 0 Å². The number of rotatable bonds is 2. The molecule has 0 radical (unpaired) electrons. The van der Waals surface area contributed by atoms with E-state index in [4.69, 9.17) is 5.26 Å². The van der Waals surface area contributed by atoms with E-state index in [-0.39, 0.29) is 17.5 Å². The Balaban J connectivity index is 1.95. The quantitative estimate of drug-likeness (QED) is 0.667. The largest absolute Gasteiger partial charge is 0.366 e. The van der Waals surface area contributed by atoms with Gasteiger partial charge in [0.2, 0.25) is 5.91 Å². The number of anilines is 2. The molecule has 0 aromatic heterocycles. The van der Waals surface area contributed by atoms with Gasteiger partial charge in [-0.15, -0.1) is 0 Å². The first kappa shape index (κ1) is 14.3. The van der Waals surface area contributed by atoms with Gasteiger partial charge in [-0.05, 0) is 30.9 Å². The molecule has 0 spiro atoms. The molecule has 0 aliphatic carbocycles. The van der Waals surface area contributed by atoms with E-state index in [0.717, 1.165) is 18.4 Å². The maximum Gasteiger partial charge on any atom is 0.294 e. The monoisotopic (exact) mass is 300 g/mol. The highest BCUT2D eigenvalue weighted by atomic mass is 16.6. The van der Waals surface area contributed by atoms with Gasteiger partial charge in [-0.2, -0.15) is 5.26 Å². The molecule has 1 aromatic rings. The molecule has 1 saturated heterocycles. The predicted octanol–water partition coefficient (Wildman–Crippen LogP) is 2.22. The van der Waals surface area contributed by atoms with E-state index < -0.39 is 4.92 Å². The van der Waals surface area contributed by atoms with E-state index in [0.29, 0.717) is 37.3 Å². The summed E-state index contributed by atoms with van der Waals surface area (Å²) in [6.45, 7) is 1.29. The van der Waals surface area contributed by atoms with Crippen LogP contribution in [0.25, 0.3) is 0 Å². The molecule has 1 amide bonds. The number of piperidine rings is 1. The standard InChI is InChI=1S/C15H16N4O3/c16-9-10-3-5-18(6-4-10)13-7-11-1-2-15(20)17-12(11)8-14(13)19(21)22/h7-8,10H,1-6H2,(H,17,20). The molecule has 3 rings (SSSR count). The minimum atomic E-state index is -0.410. The molecular formula is C15H16N4O3. The van der Waals surface area contributed by atoms with Crippen molar-refractivity contribution in [2.75, 3.05) is 23.3 Å². The average Bonchev–Trinajstić information content (AvgIpc) is 2.53. The number of hydrogen-bond donors (Lipinski definition) is 1. The Morgan fingerprint density at radius 3 is 2.68 bits per heavy atom. The fraction of sp³-hybridized carbons (Fsp3) is 0.467. The van der Waals surface area contributed by atoms with Gasteiger partial charge in [0.25, 0.3) is 5.69 Å². The Hall–Kier alpha value is -2.62. The molecule has 7 heteroatoms. The summed E-state index contributed by atoms with van der Waals surface area (Å²) in [4.78, 5) is 24.4. The number of aryl methyl sites for hydroxylation is 1. The van der Waals surface area contributed by atoms with Crippen molar-refractivity contribution in [3.05, 3.63) is 27.8 Å².